The molecule has 0 bridgehead atoms. The van der Waals surface area contributed by atoms with Crippen LogP contribution in [0, 0.1) is 6.92 Å². The van der Waals surface area contributed by atoms with E-state index in [1.807, 2.05) is 25.1 Å². The lowest BCUT2D eigenvalue weighted by Crippen LogP contribution is -2.51. The summed E-state index contributed by atoms with van der Waals surface area (Å²) in [6.45, 7) is 3.23. The van der Waals surface area contributed by atoms with Crippen LogP contribution in [0.3, 0.4) is 0 Å². The van der Waals surface area contributed by atoms with Gasteiger partial charge in [0.1, 0.15) is 16.5 Å². The maximum Gasteiger partial charge on any atom is 0.141 e. The third-order valence-electron chi connectivity index (χ3n) is 3.70. The molecule has 0 saturated carbocycles. The van der Waals surface area contributed by atoms with E-state index in [1.54, 1.807) is 11.3 Å². The fourth-order valence-electron chi connectivity index (χ4n) is 2.62. The van der Waals surface area contributed by atoms with Crippen molar-refractivity contribution in [2.45, 2.75) is 13.0 Å². The van der Waals surface area contributed by atoms with Crippen molar-refractivity contribution in [3.8, 4) is 10.4 Å². The summed E-state index contributed by atoms with van der Waals surface area (Å²) in [5, 5.41) is 10.6. The van der Waals surface area contributed by atoms with Crippen LogP contribution in [0.5, 0.6) is 0 Å². The maximum absolute atomic E-state index is 9.52. The lowest BCUT2D eigenvalue weighted by molar-refractivity contribution is 0.141. The topological polar surface area (TPSA) is 49.2 Å². The van der Waals surface area contributed by atoms with Crippen LogP contribution >= 0.6 is 11.3 Å². The van der Waals surface area contributed by atoms with Gasteiger partial charge in [-0.1, -0.05) is 30.3 Å². The van der Waals surface area contributed by atoms with Crippen molar-refractivity contribution in [2.24, 2.45) is 0 Å². The highest BCUT2D eigenvalue weighted by molar-refractivity contribution is 7.21. The molecule has 0 unspecified atom stereocenters. The summed E-state index contributed by atoms with van der Waals surface area (Å²) in [7, 11) is 0. The van der Waals surface area contributed by atoms with Crippen molar-refractivity contribution in [1.29, 1.82) is 0 Å². The van der Waals surface area contributed by atoms with Crippen molar-refractivity contribution in [2.75, 3.05) is 18.0 Å². The first kappa shape index (κ1) is 12.7. The molecule has 0 atom stereocenters. The van der Waals surface area contributed by atoms with Gasteiger partial charge in [0.25, 0.3) is 0 Å². The minimum absolute atomic E-state index is 0.234. The first-order valence-electron chi connectivity index (χ1n) is 6.97. The van der Waals surface area contributed by atoms with Crippen LogP contribution in [-0.4, -0.2) is 34.3 Å². The van der Waals surface area contributed by atoms with E-state index in [0.717, 1.165) is 21.9 Å². The van der Waals surface area contributed by atoms with Gasteiger partial charge in [-0.2, -0.15) is 0 Å². The van der Waals surface area contributed by atoms with Gasteiger partial charge in [0.15, 0.2) is 0 Å². The Kier molecular flexibility index (Phi) is 2.90. The molecule has 1 aromatic carbocycles. The van der Waals surface area contributed by atoms with Crippen LogP contribution in [0.4, 0.5) is 5.82 Å². The van der Waals surface area contributed by atoms with Crippen LogP contribution in [-0.2, 0) is 0 Å². The van der Waals surface area contributed by atoms with Crippen molar-refractivity contribution in [3.63, 3.8) is 0 Å². The summed E-state index contributed by atoms with van der Waals surface area (Å²) in [6, 6.07) is 12.5. The second-order valence-corrected chi connectivity index (χ2v) is 6.38. The van der Waals surface area contributed by atoms with Crippen molar-refractivity contribution in [1.82, 2.24) is 9.97 Å². The third-order valence-corrected chi connectivity index (χ3v) is 4.78. The summed E-state index contributed by atoms with van der Waals surface area (Å²) in [4.78, 5) is 13.5. The molecule has 0 aliphatic carbocycles. The summed E-state index contributed by atoms with van der Waals surface area (Å²) < 4.78 is 0. The molecule has 1 N–H and O–H groups in total. The summed E-state index contributed by atoms with van der Waals surface area (Å²) in [5.74, 6) is 1.72. The molecular weight excluding hydrogens is 282 g/mol. The average Bonchev–Trinajstić information content (AvgIpc) is 2.88. The van der Waals surface area contributed by atoms with Gasteiger partial charge in [0.2, 0.25) is 0 Å². The molecule has 106 valence electrons. The van der Waals surface area contributed by atoms with Crippen LogP contribution in [0.15, 0.2) is 36.4 Å². The van der Waals surface area contributed by atoms with E-state index in [9.17, 15) is 5.11 Å². The largest absolute Gasteiger partial charge is 0.389 e. The zero-order valence-corrected chi connectivity index (χ0v) is 12.5. The average molecular weight is 297 g/mol. The third kappa shape index (κ3) is 2.18. The van der Waals surface area contributed by atoms with Gasteiger partial charge in [-0.05, 0) is 18.6 Å². The van der Waals surface area contributed by atoms with E-state index >= 15 is 0 Å². The predicted molar refractivity (Wildman–Crippen MR) is 85.8 cm³/mol. The number of aliphatic hydroxyl groups is 1. The zero-order chi connectivity index (χ0) is 14.4. The molecule has 5 heteroatoms. The second-order valence-electron chi connectivity index (χ2n) is 5.35. The van der Waals surface area contributed by atoms with Gasteiger partial charge in [-0.25, -0.2) is 9.97 Å². The maximum atomic E-state index is 9.52. The van der Waals surface area contributed by atoms with Crippen molar-refractivity contribution >= 4 is 27.4 Å². The summed E-state index contributed by atoms with van der Waals surface area (Å²) >= 11 is 1.69. The van der Waals surface area contributed by atoms with Gasteiger partial charge >= 0.3 is 0 Å². The predicted octanol–water partition coefficient (Wildman–Crippen LogP) is 2.85. The number of fused-ring (bicyclic) bond motifs is 1. The number of hydrogen-bond donors (Lipinski definition) is 1. The Morgan fingerprint density at radius 3 is 2.67 bits per heavy atom. The molecule has 4 nitrogen and oxygen atoms in total. The molecule has 3 heterocycles. The Bertz CT molecular complexity index is 794. The molecule has 1 fully saturated rings. The van der Waals surface area contributed by atoms with Crippen molar-refractivity contribution in [3.05, 3.63) is 42.2 Å². The van der Waals surface area contributed by atoms with E-state index in [0.29, 0.717) is 13.1 Å². The van der Waals surface area contributed by atoms with Gasteiger partial charge < -0.3 is 10.0 Å². The molecule has 0 radical (unpaired) electrons. The Hall–Kier alpha value is -1.98. The lowest BCUT2D eigenvalue weighted by atomic mass is 10.1. The Labute approximate surface area is 126 Å². The minimum Gasteiger partial charge on any atom is -0.389 e. The van der Waals surface area contributed by atoms with Crippen LogP contribution in [0.25, 0.3) is 20.7 Å². The molecule has 1 saturated heterocycles. The highest BCUT2D eigenvalue weighted by atomic mass is 32.1. The molecule has 1 aliphatic rings. The number of thiophene rings is 1. The number of aryl methyl sites for hydroxylation is 1. The number of nitrogens with zero attached hydrogens (tertiary/aromatic N) is 3. The Morgan fingerprint density at radius 2 is 1.95 bits per heavy atom. The van der Waals surface area contributed by atoms with Gasteiger partial charge in [-0.15, -0.1) is 11.3 Å². The van der Waals surface area contributed by atoms with Crippen molar-refractivity contribution < 1.29 is 5.11 Å². The number of aliphatic hydroxyl groups excluding tert-OH is 1. The van der Waals surface area contributed by atoms with Gasteiger partial charge in [0, 0.05) is 18.0 Å². The fraction of sp³-hybridized carbons (Fsp3) is 0.250. The first-order chi connectivity index (χ1) is 10.2. The van der Waals surface area contributed by atoms with E-state index in [4.69, 9.17) is 0 Å². The minimum atomic E-state index is -0.234. The fourth-order valence-corrected chi connectivity index (χ4v) is 3.70. The smallest absolute Gasteiger partial charge is 0.141 e. The molecule has 0 amide bonds. The second kappa shape index (κ2) is 4.79. The number of anilines is 1. The van der Waals surface area contributed by atoms with E-state index in [1.165, 1.54) is 10.4 Å². The lowest BCUT2D eigenvalue weighted by Gasteiger charge is -2.37. The highest BCUT2D eigenvalue weighted by Gasteiger charge is 2.28. The van der Waals surface area contributed by atoms with Crippen LogP contribution in [0.1, 0.15) is 5.82 Å². The Balaban J connectivity index is 1.85. The number of rotatable bonds is 2. The molecular formula is C16H15N3OS. The molecule has 1 aliphatic heterocycles. The van der Waals surface area contributed by atoms with Crippen LogP contribution < -0.4 is 4.90 Å². The molecule has 3 aromatic rings. The van der Waals surface area contributed by atoms with Gasteiger partial charge in [0.05, 0.1) is 11.5 Å². The summed E-state index contributed by atoms with van der Waals surface area (Å²) in [5.41, 5.74) is 1.20. The highest BCUT2D eigenvalue weighted by Crippen LogP contribution is 2.37. The number of aromatic nitrogens is 2. The van der Waals surface area contributed by atoms with E-state index in [-0.39, 0.29) is 6.10 Å². The first-order valence-corrected chi connectivity index (χ1v) is 7.79. The molecule has 0 spiro atoms. The zero-order valence-electron chi connectivity index (χ0n) is 11.7. The van der Waals surface area contributed by atoms with Crippen LogP contribution in [0.2, 0.25) is 0 Å². The number of β-amino-alcohol motifs (C(OH)–C–C–N with tert-alkyl or cyclic N) is 1. The standard InChI is InChI=1S/C16H15N3OS/c1-10-17-15(19-8-12(20)9-19)13-7-14(21-16(13)18-10)11-5-3-2-4-6-11/h2-7,12,20H,8-9H2,1H3. The Morgan fingerprint density at radius 1 is 1.19 bits per heavy atom. The summed E-state index contributed by atoms with van der Waals surface area (Å²) in [6.07, 6.45) is -0.234. The van der Waals surface area contributed by atoms with Gasteiger partial charge in [-0.3, -0.25) is 0 Å². The number of benzene rings is 1. The van der Waals surface area contributed by atoms with E-state index < -0.39 is 0 Å². The van der Waals surface area contributed by atoms with E-state index in [2.05, 4.69) is 33.1 Å². The number of hydrogen-bond acceptors (Lipinski definition) is 5. The SMILES string of the molecule is Cc1nc(N2CC(O)C2)c2cc(-c3ccccc3)sc2n1. The molecule has 2 aromatic heterocycles. The molecule has 4 rings (SSSR count). The monoisotopic (exact) mass is 297 g/mol. The quantitative estimate of drug-likeness (QED) is 0.790. The normalized spacial score (nSPS) is 15.4. The molecule has 21 heavy (non-hydrogen) atoms.